The molecule has 0 bridgehead atoms. The van der Waals surface area contributed by atoms with Crippen molar-refractivity contribution in [2.75, 3.05) is 6.61 Å². The van der Waals surface area contributed by atoms with E-state index in [9.17, 15) is 13.9 Å². The van der Waals surface area contributed by atoms with Gasteiger partial charge in [-0.1, -0.05) is 71.0 Å². The van der Waals surface area contributed by atoms with Crippen molar-refractivity contribution in [1.82, 2.24) is 5.32 Å². The van der Waals surface area contributed by atoms with Crippen molar-refractivity contribution < 1.29 is 18.6 Å². The van der Waals surface area contributed by atoms with Gasteiger partial charge in [-0.05, 0) is 52.9 Å². The number of aryl methyl sites for hydroxylation is 1. The number of rotatable bonds is 4. The Labute approximate surface area is 190 Å². The molecule has 2 N–H and O–H groups in total. The fraction of sp³-hybridized carbons (Fsp3) is 0.333. The zero-order valence-corrected chi connectivity index (χ0v) is 19.5. The molecule has 1 saturated heterocycles. The number of phenols is 1. The van der Waals surface area contributed by atoms with E-state index in [0.717, 1.165) is 28.7 Å². The van der Waals surface area contributed by atoms with Crippen molar-refractivity contribution in [3.05, 3.63) is 89.0 Å². The fourth-order valence-corrected chi connectivity index (χ4v) is 3.55. The number of nitrogens with one attached hydrogen (secondary N) is 1. The molecule has 2 atom stereocenters. The molecule has 3 nitrogen and oxygen atoms in total. The van der Waals surface area contributed by atoms with Crippen molar-refractivity contribution in [2.24, 2.45) is 0 Å². The molecule has 1 heterocycles. The highest BCUT2D eigenvalue weighted by Gasteiger charge is 2.30. The molecule has 4 rings (SSSR count). The van der Waals surface area contributed by atoms with E-state index in [2.05, 4.69) is 5.32 Å². The molecule has 2 unspecified atom stereocenters. The van der Waals surface area contributed by atoms with Gasteiger partial charge in [0.1, 0.15) is 23.6 Å². The summed E-state index contributed by atoms with van der Waals surface area (Å²) in [6.07, 6.45) is -0.0511. The van der Waals surface area contributed by atoms with Crippen LogP contribution in [0.2, 0.25) is 0 Å². The van der Waals surface area contributed by atoms with Crippen LogP contribution in [0.1, 0.15) is 63.6 Å². The Bertz CT molecular complexity index is 969. The zero-order chi connectivity index (χ0) is 23.7. The first-order valence-corrected chi connectivity index (χ1v) is 11.3. The van der Waals surface area contributed by atoms with Crippen LogP contribution in [0.25, 0.3) is 11.1 Å². The van der Waals surface area contributed by atoms with Crippen LogP contribution < -0.4 is 5.32 Å². The SMILES string of the molecule is CC.CC.CCc1cc(-c2ccc(C3COC(c4c(F)cccc4F)N3)cc2)ccc1O. The second kappa shape index (κ2) is 12.3. The van der Waals surface area contributed by atoms with E-state index >= 15 is 0 Å². The Kier molecular flexibility index (Phi) is 9.82. The molecule has 0 radical (unpaired) electrons. The average Bonchev–Trinajstić information content (AvgIpc) is 3.32. The van der Waals surface area contributed by atoms with Gasteiger partial charge in [0.25, 0.3) is 0 Å². The predicted octanol–water partition coefficient (Wildman–Crippen LogP) is 7.31. The minimum absolute atomic E-state index is 0.0854. The first-order valence-electron chi connectivity index (χ1n) is 11.3. The Hall–Kier alpha value is -2.76. The van der Waals surface area contributed by atoms with Crippen molar-refractivity contribution in [2.45, 2.75) is 53.3 Å². The van der Waals surface area contributed by atoms with Crippen LogP contribution >= 0.6 is 0 Å². The number of phenolic OH excluding ortho intramolecular Hbond substituents is 1. The third-order valence-electron chi connectivity index (χ3n) is 5.15. The monoisotopic (exact) mass is 441 g/mol. The molecule has 1 aliphatic heterocycles. The van der Waals surface area contributed by atoms with Gasteiger partial charge < -0.3 is 9.84 Å². The second-order valence-corrected chi connectivity index (χ2v) is 6.89. The average molecular weight is 442 g/mol. The number of halogens is 2. The van der Waals surface area contributed by atoms with Gasteiger partial charge in [0.15, 0.2) is 0 Å². The Morgan fingerprint density at radius 3 is 2.09 bits per heavy atom. The maximum atomic E-state index is 14.0. The van der Waals surface area contributed by atoms with Gasteiger partial charge in [-0.15, -0.1) is 0 Å². The summed E-state index contributed by atoms with van der Waals surface area (Å²) in [5.41, 5.74) is 3.87. The van der Waals surface area contributed by atoms with Gasteiger partial charge in [0.2, 0.25) is 0 Å². The van der Waals surface area contributed by atoms with Crippen molar-refractivity contribution in [3.63, 3.8) is 0 Å². The molecule has 1 aliphatic rings. The molecule has 0 saturated carbocycles. The molecule has 0 aliphatic carbocycles. The van der Waals surface area contributed by atoms with E-state index in [1.807, 2.05) is 71.0 Å². The van der Waals surface area contributed by atoms with E-state index in [-0.39, 0.29) is 11.6 Å². The summed E-state index contributed by atoms with van der Waals surface area (Å²) < 4.78 is 33.6. The smallest absolute Gasteiger partial charge is 0.140 e. The fourth-order valence-electron chi connectivity index (χ4n) is 3.55. The number of aromatic hydroxyl groups is 1. The highest BCUT2D eigenvalue weighted by atomic mass is 19.1. The molecule has 32 heavy (non-hydrogen) atoms. The molecule has 3 aromatic carbocycles. The molecule has 3 aromatic rings. The van der Waals surface area contributed by atoms with Crippen LogP contribution in [-0.4, -0.2) is 11.7 Å². The lowest BCUT2D eigenvalue weighted by Crippen LogP contribution is -2.20. The van der Waals surface area contributed by atoms with Crippen molar-refractivity contribution in [1.29, 1.82) is 0 Å². The van der Waals surface area contributed by atoms with Crippen LogP contribution in [0, 0.1) is 11.6 Å². The zero-order valence-electron chi connectivity index (χ0n) is 19.5. The van der Waals surface area contributed by atoms with Gasteiger partial charge in [0, 0.05) is 0 Å². The Balaban J connectivity index is 0.000000860. The van der Waals surface area contributed by atoms with Crippen molar-refractivity contribution >= 4 is 0 Å². The van der Waals surface area contributed by atoms with Crippen LogP contribution in [0.4, 0.5) is 8.78 Å². The summed E-state index contributed by atoms with van der Waals surface area (Å²) in [4.78, 5) is 0. The number of benzene rings is 3. The lowest BCUT2D eigenvalue weighted by molar-refractivity contribution is 0.0944. The van der Waals surface area contributed by atoms with E-state index in [4.69, 9.17) is 4.74 Å². The van der Waals surface area contributed by atoms with Gasteiger partial charge >= 0.3 is 0 Å². The van der Waals surface area contributed by atoms with Crippen molar-refractivity contribution in [3.8, 4) is 16.9 Å². The highest BCUT2D eigenvalue weighted by Crippen LogP contribution is 2.32. The first kappa shape index (κ1) is 25.5. The number of ether oxygens (including phenoxy) is 1. The van der Waals surface area contributed by atoms with Crippen LogP contribution in [0.15, 0.2) is 60.7 Å². The Morgan fingerprint density at radius 1 is 0.906 bits per heavy atom. The van der Waals surface area contributed by atoms with Gasteiger partial charge in [-0.2, -0.15) is 0 Å². The molecular weight excluding hydrogens is 408 g/mol. The summed E-state index contributed by atoms with van der Waals surface area (Å²) >= 11 is 0. The molecule has 5 heteroatoms. The molecule has 0 amide bonds. The lowest BCUT2D eigenvalue weighted by Gasteiger charge is -2.14. The third kappa shape index (κ3) is 5.72. The van der Waals surface area contributed by atoms with E-state index in [1.54, 1.807) is 6.07 Å². The van der Waals surface area contributed by atoms with Gasteiger partial charge in [0.05, 0.1) is 18.2 Å². The first-order chi connectivity index (χ1) is 15.6. The number of hydrogen-bond donors (Lipinski definition) is 2. The lowest BCUT2D eigenvalue weighted by atomic mass is 9.98. The topological polar surface area (TPSA) is 41.5 Å². The van der Waals surface area contributed by atoms with E-state index in [0.29, 0.717) is 12.4 Å². The number of hydrogen-bond acceptors (Lipinski definition) is 3. The summed E-state index contributed by atoms with van der Waals surface area (Å²) in [5, 5.41) is 13.0. The van der Waals surface area contributed by atoms with E-state index < -0.39 is 17.9 Å². The van der Waals surface area contributed by atoms with E-state index in [1.165, 1.54) is 18.2 Å². The maximum Gasteiger partial charge on any atom is 0.140 e. The maximum absolute atomic E-state index is 14.0. The summed E-state index contributed by atoms with van der Waals surface area (Å²) in [6, 6.07) is 17.2. The van der Waals surface area contributed by atoms with Crippen LogP contribution in [0.3, 0.4) is 0 Å². The quantitative estimate of drug-likeness (QED) is 0.446. The largest absolute Gasteiger partial charge is 0.508 e. The minimum Gasteiger partial charge on any atom is -0.508 e. The molecule has 1 fully saturated rings. The normalized spacial score (nSPS) is 17.1. The summed E-state index contributed by atoms with van der Waals surface area (Å²) in [6.45, 7) is 10.3. The molecular formula is C27H33F2NO2. The summed E-state index contributed by atoms with van der Waals surface area (Å²) in [7, 11) is 0. The van der Waals surface area contributed by atoms with Gasteiger partial charge in [-0.25, -0.2) is 8.78 Å². The predicted molar refractivity (Wildman–Crippen MR) is 127 cm³/mol. The molecule has 0 aromatic heterocycles. The standard InChI is InChI=1S/C23H21F2NO2.2C2H6/c1-2-14-12-17(10-11-21(14)27)15-6-8-16(9-7-15)20-13-28-23(26-20)22-18(24)4-3-5-19(22)25;2*1-2/h3-12,20,23,26-27H,2,13H2,1H3;2*1-2H3. The Morgan fingerprint density at radius 2 is 1.50 bits per heavy atom. The van der Waals surface area contributed by atoms with Crippen LogP contribution in [0.5, 0.6) is 5.75 Å². The third-order valence-corrected chi connectivity index (χ3v) is 5.15. The minimum atomic E-state index is -0.810. The second-order valence-electron chi connectivity index (χ2n) is 6.89. The molecule has 172 valence electrons. The van der Waals surface area contributed by atoms with Gasteiger partial charge in [-0.3, -0.25) is 5.32 Å². The molecule has 0 spiro atoms. The highest BCUT2D eigenvalue weighted by molar-refractivity contribution is 5.66. The summed E-state index contributed by atoms with van der Waals surface area (Å²) in [5.74, 6) is -0.929. The van der Waals surface area contributed by atoms with Crippen LogP contribution in [-0.2, 0) is 11.2 Å².